The van der Waals surface area contributed by atoms with Crippen LogP contribution in [0.15, 0.2) is 46.0 Å². The van der Waals surface area contributed by atoms with Crippen LogP contribution in [0.5, 0.6) is 5.75 Å². The lowest BCUT2D eigenvalue weighted by atomic mass is 10.1. The molecule has 0 bridgehead atoms. The molecular weight excluding hydrogens is 374 g/mol. The lowest BCUT2D eigenvalue weighted by Gasteiger charge is -2.13. The van der Waals surface area contributed by atoms with Crippen LogP contribution in [0.3, 0.4) is 0 Å². The average molecular weight is 398 g/mol. The van der Waals surface area contributed by atoms with Crippen molar-refractivity contribution in [3.8, 4) is 17.2 Å². The van der Waals surface area contributed by atoms with Gasteiger partial charge in [0, 0.05) is 5.56 Å². The van der Waals surface area contributed by atoms with Crippen LogP contribution >= 0.6 is 11.8 Å². The monoisotopic (exact) mass is 397 g/mol. The number of aromatic nitrogens is 2. The molecule has 3 rings (SSSR count). The Morgan fingerprint density at radius 2 is 1.79 bits per heavy atom. The molecule has 1 aromatic heterocycles. The zero-order valence-electron chi connectivity index (χ0n) is 16.6. The Bertz CT molecular complexity index is 980. The van der Waals surface area contributed by atoms with E-state index in [2.05, 4.69) is 21.6 Å². The van der Waals surface area contributed by atoms with Crippen molar-refractivity contribution in [2.75, 3.05) is 12.4 Å². The number of benzene rings is 2. The molecule has 7 heteroatoms. The van der Waals surface area contributed by atoms with Crippen molar-refractivity contribution < 1.29 is 13.9 Å². The van der Waals surface area contributed by atoms with Crippen LogP contribution in [0, 0.1) is 20.8 Å². The summed E-state index contributed by atoms with van der Waals surface area (Å²) >= 11 is 1.22. The summed E-state index contributed by atoms with van der Waals surface area (Å²) < 4.78 is 11.1. The number of carbonyl (C=O) groups is 1. The predicted octanol–water partition coefficient (Wildman–Crippen LogP) is 4.79. The van der Waals surface area contributed by atoms with Gasteiger partial charge in [-0.05, 0) is 57.5 Å². The molecule has 0 aliphatic carbocycles. The van der Waals surface area contributed by atoms with Gasteiger partial charge in [0.25, 0.3) is 5.22 Å². The quantitative estimate of drug-likeness (QED) is 0.603. The molecule has 1 atom stereocenters. The fourth-order valence-corrected chi connectivity index (χ4v) is 3.51. The van der Waals surface area contributed by atoms with Gasteiger partial charge in [-0.2, -0.15) is 0 Å². The van der Waals surface area contributed by atoms with Crippen LogP contribution in [0.1, 0.15) is 23.6 Å². The molecule has 6 nitrogen and oxygen atoms in total. The lowest BCUT2D eigenvalue weighted by molar-refractivity contribution is -0.115. The van der Waals surface area contributed by atoms with Gasteiger partial charge in [-0.1, -0.05) is 35.0 Å². The second kappa shape index (κ2) is 8.48. The number of nitrogens with zero attached hydrogens (tertiary/aromatic N) is 2. The summed E-state index contributed by atoms with van der Waals surface area (Å²) in [5, 5.41) is 11.0. The van der Waals surface area contributed by atoms with E-state index in [1.807, 2.05) is 51.1 Å². The highest BCUT2D eigenvalue weighted by Crippen LogP contribution is 2.29. The number of thioether (sulfide) groups is 1. The van der Waals surface area contributed by atoms with E-state index >= 15 is 0 Å². The number of nitrogens with one attached hydrogen (secondary N) is 1. The third-order valence-corrected chi connectivity index (χ3v) is 5.07. The van der Waals surface area contributed by atoms with Crippen LogP contribution in [0.4, 0.5) is 5.69 Å². The topological polar surface area (TPSA) is 77.2 Å². The Morgan fingerprint density at radius 1 is 1.07 bits per heavy atom. The Labute approximate surface area is 168 Å². The predicted molar refractivity (Wildman–Crippen MR) is 111 cm³/mol. The first-order valence-corrected chi connectivity index (χ1v) is 9.78. The number of methoxy groups -OCH3 is 1. The molecule has 0 aliphatic heterocycles. The number of rotatable bonds is 6. The van der Waals surface area contributed by atoms with Gasteiger partial charge >= 0.3 is 0 Å². The first kappa shape index (κ1) is 19.9. The molecule has 1 N–H and O–H groups in total. The Morgan fingerprint density at radius 3 is 2.46 bits per heavy atom. The third-order valence-electron chi connectivity index (χ3n) is 4.13. The van der Waals surface area contributed by atoms with E-state index in [1.54, 1.807) is 14.0 Å². The highest BCUT2D eigenvalue weighted by molar-refractivity contribution is 8.00. The van der Waals surface area contributed by atoms with E-state index in [0.717, 1.165) is 22.3 Å². The van der Waals surface area contributed by atoms with E-state index in [4.69, 9.17) is 9.15 Å². The van der Waals surface area contributed by atoms with Crippen molar-refractivity contribution in [3.63, 3.8) is 0 Å². The van der Waals surface area contributed by atoms with E-state index in [-0.39, 0.29) is 5.91 Å². The van der Waals surface area contributed by atoms with Gasteiger partial charge in [-0.15, -0.1) is 10.2 Å². The van der Waals surface area contributed by atoms with Crippen LogP contribution in [-0.4, -0.2) is 28.5 Å². The smallest absolute Gasteiger partial charge is 0.277 e. The number of anilines is 1. The van der Waals surface area contributed by atoms with Crippen molar-refractivity contribution in [3.05, 3.63) is 53.1 Å². The fourth-order valence-electron chi connectivity index (χ4n) is 2.83. The van der Waals surface area contributed by atoms with Gasteiger partial charge in [0.2, 0.25) is 11.8 Å². The average Bonchev–Trinajstić information content (AvgIpc) is 3.09. The SMILES string of the molecule is COc1ccc(C)cc1NC(=O)[C@H](C)Sc1nnc(-c2cc(C)cc(C)c2)o1. The van der Waals surface area contributed by atoms with Crippen molar-refractivity contribution in [2.45, 2.75) is 38.2 Å². The molecule has 0 spiro atoms. The molecule has 28 heavy (non-hydrogen) atoms. The lowest BCUT2D eigenvalue weighted by Crippen LogP contribution is -2.22. The van der Waals surface area contributed by atoms with Gasteiger partial charge in [-0.3, -0.25) is 4.79 Å². The number of ether oxygens (including phenoxy) is 1. The fraction of sp³-hybridized carbons (Fsp3) is 0.286. The van der Waals surface area contributed by atoms with Gasteiger partial charge in [-0.25, -0.2) is 0 Å². The van der Waals surface area contributed by atoms with Crippen LogP contribution < -0.4 is 10.1 Å². The van der Waals surface area contributed by atoms with Gasteiger partial charge in [0.05, 0.1) is 18.0 Å². The minimum absolute atomic E-state index is 0.167. The maximum absolute atomic E-state index is 12.6. The minimum atomic E-state index is -0.419. The van der Waals surface area contributed by atoms with Crippen molar-refractivity contribution in [2.24, 2.45) is 0 Å². The van der Waals surface area contributed by atoms with Crippen LogP contribution in [0.2, 0.25) is 0 Å². The summed E-state index contributed by atoms with van der Waals surface area (Å²) in [5.74, 6) is 0.897. The van der Waals surface area contributed by atoms with Crippen molar-refractivity contribution in [1.29, 1.82) is 0 Å². The van der Waals surface area contributed by atoms with Gasteiger partial charge in [0.15, 0.2) is 0 Å². The summed E-state index contributed by atoms with van der Waals surface area (Å²) in [6.07, 6.45) is 0. The zero-order chi connectivity index (χ0) is 20.3. The summed E-state index contributed by atoms with van der Waals surface area (Å²) in [4.78, 5) is 12.6. The molecule has 0 aliphatic rings. The van der Waals surface area contributed by atoms with Crippen molar-refractivity contribution >= 4 is 23.4 Å². The number of aryl methyl sites for hydroxylation is 3. The second-order valence-corrected chi connectivity index (χ2v) is 7.99. The molecular formula is C21H23N3O3S. The molecule has 3 aromatic rings. The molecule has 0 unspecified atom stereocenters. The first-order chi connectivity index (χ1) is 13.4. The molecule has 146 valence electrons. The number of amides is 1. The summed E-state index contributed by atoms with van der Waals surface area (Å²) in [5.41, 5.74) is 4.80. The molecule has 0 radical (unpaired) electrons. The maximum atomic E-state index is 12.6. The summed E-state index contributed by atoms with van der Waals surface area (Å²) in [6, 6.07) is 11.7. The first-order valence-electron chi connectivity index (χ1n) is 8.90. The Hall–Kier alpha value is -2.80. The highest BCUT2D eigenvalue weighted by Gasteiger charge is 2.20. The largest absolute Gasteiger partial charge is 0.495 e. The molecule has 0 fully saturated rings. The molecule has 1 amide bonds. The van der Waals surface area contributed by atoms with Gasteiger partial charge < -0.3 is 14.5 Å². The number of carbonyl (C=O) groups excluding carboxylic acids is 1. The molecule has 0 saturated heterocycles. The zero-order valence-corrected chi connectivity index (χ0v) is 17.4. The number of hydrogen-bond donors (Lipinski definition) is 1. The van der Waals surface area contributed by atoms with Gasteiger partial charge in [0.1, 0.15) is 5.75 Å². The summed E-state index contributed by atoms with van der Waals surface area (Å²) in [6.45, 7) is 7.80. The normalized spacial score (nSPS) is 11.9. The van der Waals surface area contributed by atoms with Crippen molar-refractivity contribution in [1.82, 2.24) is 10.2 Å². The van der Waals surface area contributed by atoms with E-state index in [9.17, 15) is 4.79 Å². The minimum Gasteiger partial charge on any atom is -0.495 e. The molecule has 0 saturated carbocycles. The number of hydrogen-bond acceptors (Lipinski definition) is 6. The van der Waals surface area contributed by atoms with E-state index < -0.39 is 5.25 Å². The molecule has 2 aromatic carbocycles. The standard InChI is InChI=1S/C21H23N3O3S/c1-12-6-7-18(26-5)17(11-12)22-19(25)15(4)28-21-24-23-20(27-21)16-9-13(2)8-14(3)10-16/h6-11,15H,1-5H3,(H,22,25)/t15-/m0/s1. The van der Waals surface area contributed by atoms with E-state index in [0.29, 0.717) is 22.6 Å². The second-order valence-electron chi connectivity index (χ2n) is 6.70. The summed E-state index contributed by atoms with van der Waals surface area (Å²) in [7, 11) is 1.57. The molecule has 1 heterocycles. The Balaban J connectivity index is 1.70. The van der Waals surface area contributed by atoms with Crippen LogP contribution in [-0.2, 0) is 4.79 Å². The highest BCUT2D eigenvalue weighted by atomic mass is 32.2. The van der Waals surface area contributed by atoms with E-state index in [1.165, 1.54) is 11.8 Å². The maximum Gasteiger partial charge on any atom is 0.277 e. The van der Waals surface area contributed by atoms with Crippen LogP contribution in [0.25, 0.3) is 11.5 Å². The Kier molecular flexibility index (Phi) is 6.04. The third kappa shape index (κ3) is 4.72.